The van der Waals surface area contributed by atoms with Crippen LogP contribution in [0.1, 0.15) is 41.4 Å². The molecular weight excluding hydrogens is 493 g/mol. The zero-order valence-corrected chi connectivity index (χ0v) is 21.0. The molecule has 3 rings (SSSR count). The first-order valence-electron chi connectivity index (χ1n) is 11.5. The van der Waals surface area contributed by atoms with Gasteiger partial charge in [0.2, 0.25) is 0 Å². The molecule has 1 aromatic heterocycles. The standard InChI is InChI=1S/C22H32N5O8P/c1-14-12-27(22(31)26-20(14)29)19-11-17(28)18(35-19)13-34-36(32,33)25-10-6-5-9-24-21(30)15-7-3-4-8-16(15)23-2/h3-4,7-8,12,17-19,23,28H,5-6,9-11,13H2,1-2H3,(H,24,30)(H2,25,32,33)(H,26,29,31)/t17-,18+,19+/m0/s1. The molecule has 1 amide bonds. The van der Waals surface area contributed by atoms with Crippen LogP contribution >= 0.6 is 7.75 Å². The lowest BCUT2D eigenvalue weighted by Crippen LogP contribution is -2.33. The van der Waals surface area contributed by atoms with Crippen molar-refractivity contribution in [2.24, 2.45) is 0 Å². The number of rotatable bonds is 12. The SMILES string of the molecule is CNc1ccccc1C(=O)NCCCCNP(=O)(O)OC[C@H]1O[C@@H](n2cc(C)c(=O)[nH]c2=O)C[C@@H]1O. The number of aromatic nitrogens is 2. The average Bonchev–Trinajstić information content (AvgIpc) is 3.22. The number of aliphatic hydroxyl groups is 1. The zero-order chi connectivity index (χ0) is 26.3. The topological polar surface area (TPSA) is 184 Å². The fourth-order valence-electron chi connectivity index (χ4n) is 3.72. The Balaban J connectivity index is 1.37. The number of hydrogen-bond donors (Lipinski definition) is 6. The van der Waals surface area contributed by atoms with Crippen LogP contribution in [0.15, 0.2) is 40.1 Å². The first-order chi connectivity index (χ1) is 17.1. The second-order valence-electron chi connectivity index (χ2n) is 8.39. The highest BCUT2D eigenvalue weighted by atomic mass is 31.2. The van der Waals surface area contributed by atoms with Gasteiger partial charge in [0.1, 0.15) is 12.3 Å². The highest BCUT2D eigenvalue weighted by molar-refractivity contribution is 7.50. The van der Waals surface area contributed by atoms with E-state index in [0.29, 0.717) is 30.5 Å². The summed E-state index contributed by atoms with van der Waals surface area (Å²) in [7, 11) is -2.43. The second kappa shape index (κ2) is 12.4. The first-order valence-corrected chi connectivity index (χ1v) is 13.1. The van der Waals surface area contributed by atoms with Crippen molar-refractivity contribution in [1.29, 1.82) is 0 Å². The third-order valence-electron chi connectivity index (χ3n) is 5.72. The molecule has 0 radical (unpaired) electrons. The summed E-state index contributed by atoms with van der Waals surface area (Å²) in [6.07, 6.45) is -0.369. The molecule has 0 bridgehead atoms. The van der Waals surface area contributed by atoms with Crippen LogP contribution < -0.4 is 27.0 Å². The van der Waals surface area contributed by atoms with Gasteiger partial charge in [0, 0.05) is 44.0 Å². The Morgan fingerprint density at radius 2 is 2.00 bits per heavy atom. The van der Waals surface area contributed by atoms with Gasteiger partial charge in [0.25, 0.3) is 11.5 Å². The fraction of sp³-hybridized carbons (Fsp3) is 0.500. The van der Waals surface area contributed by atoms with Crippen molar-refractivity contribution in [3.8, 4) is 0 Å². The van der Waals surface area contributed by atoms with E-state index in [1.165, 1.54) is 13.1 Å². The van der Waals surface area contributed by atoms with E-state index in [2.05, 4.69) is 20.7 Å². The van der Waals surface area contributed by atoms with Crippen LogP contribution in [0.4, 0.5) is 5.69 Å². The molecule has 4 atom stereocenters. The molecule has 1 saturated heterocycles. The Labute approximate surface area is 207 Å². The smallest absolute Gasteiger partial charge is 0.390 e. The Morgan fingerprint density at radius 1 is 1.28 bits per heavy atom. The van der Waals surface area contributed by atoms with Crippen molar-refractivity contribution in [2.45, 2.75) is 44.6 Å². The van der Waals surface area contributed by atoms with E-state index in [1.807, 2.05) is 6.07 Å². The Hall–Kier alpha value is -2.80. The third-order valence-corrected chi connectivity index (χ3v) is 6.84. The van der Waals surface area contributed by atoms with Gasteiger partial charge in [-0.2, -0.15) is 0 Å². The van der Waals surface area contributed by atoms with Crippen LogP contribution in [0.25, 0.3) is 0 Å². The predicted octanol–water partition coefficient (Wildman–Crippen LogP) is 0.452. The van der Waals surface area contributed by atoms with Crippen molar-refractivity contribution in [1.82, 2.24) is 20.0 Å². The number of anilines is 1. The number of hydrogen-bond acceptors (Lipinski definition) is 8. The number of ether oxygens (including phenoxy) is 1. The molecule has 0 spiro atoms. The number of aromatic amines is 1. The molecule has 198 valence electrons. The predicted molar refractivity (Wildman–Crippen MR) is 132 cm³/mol. The number of H-pyrrole nitrogens is 1. The molecule has 14 heteroatoms. The lowest BCUT2D eigenvalue weighted by atomic mass is 10.1. The van der Waals surface area contributed by atoms with Gasteiger partial charge in [-0.15, -0.1) is 0 Å². The molecular formula is C22H32N5O8P. The van der Waals surface area contributed by atoms with Gasteiger partial charge >= 0.3 is 13.4 Å². The number of carbonyl (C=O) groups is 1. The van der Waals surface area contributed by atoms with Crippen molar-refractivity contribution < 1.29 is 28.6 Å². The first kappa shape index (κ1) is 27.8. The maximum atomic E-state index is 12.3. The Morgan fingerprint density at radius 3 is 2.75 bits per heavy atom. The molecule has 2 aromatic rings. The number of aryl methyl sites for hydroxylation is 1. The normalized spacial score (nSPS) is 21.2. The number of para-hydroxylation sites is 1. The number of benzene rings is 1. The number of amides is 1. The summed E-state index contributed by atoms with van der Waals surface area (Å²) in [5, 5.41) is 18.4. The monoisotopic (exact) mass is 525 g/mol. The van der Waals surface area contributed by atoms with Gasteiger partial charge in [-0.3, -0.25) is 23.7 Å². The summed E-state index contributed by atoms with van der Waals surface area (Å²) >= 11 is 0. The van der Waals surface area contributed by atoms with Gasteiger partial charge in [-0.25, -0.2) is 14.4 Å². The van der Waals surface area contributed by atoms with Gasteiger partial charge in [-0.05, 0) is 31.9 Å². The second-order valence-corrected chi connectivity index (χ2v) is 10.0. The summed E-state index contributed by atoms with van der Waals surface area (Å²) in [6.45, 7) is 1.71. The average molecular weight is 525 g/mol. The Bertz CT molecular complexity index is 1220. The molecule has 6 N–H and O–H groups in total. The molecule has 0 saturated carbocycles. The van der Waals surface area contributed by atoms with E-state index in [4.69, 9.17) is 9.26 Å². The minimum atomic E-state index is -4.17. The fourth-order valence-corrected chi connectivity index (χ4v) is 4.60. The van der Waals surface area contributed by atoms with Gasteiger partial charge in [0.15, 0.2) is 0 Å². The van der Waals surface area contributed by atoms with Crippen molar-refractivity contribution in [3.63, 3.8) is 0 Å². The molecule has 1 fully saturated rings. The number of carbonyl (C=O) groups excluding carboxylic acids is 1. The summed E-state index contributed by atoms with van der Waals surface area (Å²) in [6, 6.07) is 7.13. The van der Waals surface area contributed by atoms with E-state index in [0.717, 1.165) is 10.3 Å². The van der Waals surface area contributed by atoms with E-state index >= 15 is 0 Å². The summed E-state index contributed by atoms with van der Waals surface area (Å²) in [5.74, 6) is -0.211. The minimum absolute atomic E-state index is 0.0487. The van der Waals surface area contributed by atoms with Crippen LogP contribution in [0, 0.1) is 6.92 Å². The molecule has 1 aliphatic rings. The van der Waals surface area contributed by atoms with Crippen LogP contribution in [-0.4, -0.2) is 64.4 Å². The highest BCUT2D eigenvalue weighted by Gasteiger charge is 2.37. The van der Waals surface area contributed by atoms with Crippen molar-refractivity contribution in [3.05, 3.63) is 62.4 Å². The quantitative estimate of drug-likeness (QED) is 0.168. The maximum Gasteiger partial charge on any atom is 0.403 e. The van der Waals surface area contributed by atoms with Gasteiger partial charge in [-0.1, -0.05) is 12.1 Å². The molecule has 1 unspecified atom stereocenters. The molecule has 1 aromatic carbocycles. The highest BCUT2D eigenvalue weighted by Crippen LogP contribution is 2.38. The largest absolute Gasteiger partial charge is 0.403 e. The van der Waals surface area contributed by atoms with Crippen LogP contribution in [0.2, 0.25) is 0 Å². The molecule has 13 nitrogen and oxygen atoms in total. The molecule has 2 heterocycles. The number of nitrogens with one attached hydrogen (secondary N) is 4. The van der Waals surface area contributed by atoms with E-state index in [9.17, 15) is 28.9 Å². The summed E-state index contributed by atoms with van der Waals surface area (Å²) < 4.78 is 24.1. The van der Waals surface area contributed by atoms with Crippen molar-refractivity contribution >= 4 is 19.3 Å². The van der Waals surface area contributed by atoms with Crippen molar-refractivity contribution in [2.75, 3.05) is 32.1 Å². The number of nitrogens with zero attached hydrogens (tertiary/aromatic N) is 1. The number of unbranched alkanes of at least 4 members (excludes halogenated alkanes) is 1. The lowest BCUT2D eigenvalue weighted by molar-refractivity contribution is -0.0428. The van der Waals surface area contributed by atoms with Crippen LogP contribution in [-0.2, 0) is 13.8 Å². The van der Waals surface area contributed by atoms with E-state index < -0.39 is 37.4 Å². The molecule has 36 heavy (non-hydrogen) atoms. The Kier molecular flexibility index (Phi) is 9.60. The van der Waals surface area contributed by atoms with E-state index in [-0.39, 0.29) is 25.5 Å². The van der Waals surface area contributed by atoms with E-state index in [1.54, 1.807) is 25.2 Å². The molecule has 0 aliphatic carbocycles. The molecule has 1 aliphatic heterocycles. The summed E-state index contributed by atoms with van der Waals surface area (Å²) in [4.78, 5) is 48.0. The van der Waals surface area contributed by atoms with Gasteiger partial charge < -0.3 is 25.4 Å². The van der Waals surface area contributed by atoms with Crippen LogP contribution in [0.5, 0.6) is 0 Å². The van der Waals surface area contributed by atoms with Crippen LogP contribution in [0.3, 0.4) is 0 Å². The lowest BCUT2D eigenvalue weighted by Gasteiger charge is -2.19. The summed E-state index contributed by atoms with van der Waals surface area (Å²) in [5.41, 5.74) is 0.368. The zero-order valence-electron chi connectivity index (χ0n) is 20.1. The third kappa shape index (κ3) is 7.36. The maximum absolute atomic E-state index is 12.3. The van der Waals surface area contributed by atoms with Gasteiger partial charge in [0.05, 0.1) is 18.3 Å². The minimum Gasteiger partial charge on any atom is -0.390 e. The number of aliphatic hydroxyl groups excluding tert-OH is 1.